The molecule has 0 saturated heterocycles. The molecule has 5 rings (SSSR count). The van der Waals surface area contributed by atoms with Crippen LogP contribution in [0.2, 0.25) is 0 Å². The minimum Gasteiger partial charge on any atom is -0.273 e. The maximum absolute atomic E-state index is 13.0. The third kappa shape index (κ3) is 2.81. The molecule has 2 unspecified atom stereocenters. The van der Waals surface area contributed by atoms with Gasteiger partial charge in [0, 0.05) is 6.07 Å². The summed E-state index contributed by atoms with van der Waals surface area (Å²) in [6.07, 6.45) is 7.86. The molecule has 0 heterocycles. The number of carbonyl (C=O) groups excluding carboxylic acids is 1. The third-order valence-corrected chi connectivity index (χ3v) is 6.61. The van der Waals surface area contributed by atoms with Crippen LogP contribution in [0.15, 0.2) is 29.4 Å². The molecule has 6 heteroatoms. The Bertz CT molecular complexity index is 785. The molecule has 4 aliphatic carbocycles. The van der Waals surface area contributed by atoms with Gasteiger partial charge in [-0.3, -0.25) is 14.9 Å². The summed E-state index contributed by atoms with van der Waals surface area (Å²) in [7, 11) is 0. The maximum atomic E-state index is 13.0. The second-order valence-corrected chi connectivity index (χ2v) is 9.43. The number of para-hydroxylation sites is 1. The van der Waals surface area contributed by atoms with Gasteiger partial charge in [-0.1, -0.05) is 26.0 Å². The summed E-state index contributed by atoms with van der Waals surface area (Å²) in [4.78, 5) is 23.7. The highest BCUT2D eigenvalue weighted by Crippen LogP contribution is 2.69. The minimum absolute atomic E-state index is 0.0136. The Morgan fingerprint density at radius 1 is 1.19 bits per heavy atom. The first kappa shape index (κ1) is 17.2. The van der Waals surface area contributed by atoms with E-state index in [2.05, 4.69) is 24.4 Å². The van der Waals surface area contributed by atoms with Gasteiger partial charge in [0.1, 0.15) is 0 Å². The molecule has 0 aromatic heterocycles. The molecular weight excluding hydrogens is 330 g/mol. The van der Waals surface area contributed by atoms with Crippen molar-refractivity contribution in [2.45, 2.75) is 52.4 Å². The molecule has 1 amide bonds. The molecule has 4 aliphatic rings. The lowest BCUT2D eigenvalue weighted by atomic mass is 9.40. The van der Waals surface area contributed by atoms with Crippen LogP contribution in [0, 0.1) is 32.3 Å². The van der Waals surface area contributed by atoms with Gasteiger partial charge in [0.15, 0.2) is 0 Å². The highest BCUT2D eigenvalue weighted by Gasteiger charge is 2.62. The Morgan fingerprint density at radius 2 is 1.85 bits per heavy atom. The van der Waals surface area contributed by atoms with Gasteiger partial charge in [-0.25, -0.2) is 5.43 Å². The van der Waals surface area contributed by atoms with Crippen LogP contribution in [-0.2, 0) is 4.79 Å². The van der Waals surface area contributed by atoms with E-state index in [9.17, 15) is 14.9 Å². The van der Waals surface area contributed by atoms with Crippen molar-refractivity contribution in [2.75, 3.05) is 0 Å². The van der Waals surface area contributed by atoms with Gasteiger partial charge in [-0.15, -0.1) is 0 Å². The zero-order valence-electron chi connectivity index (χ0n) is 15.3. The predicted octanol–water partition coefficient (Wildman–Crippen LogP) is 4.04. The fourth-order valence-electron chi connectivity index (χ4n) is 6.74. The topological polar surface area (TPSA) is 84.6 Å². The second kappa shape index (κ2) is 5.63. The summed E-state index contributed by atoms with van der Waals surface area (Å²) in [6.45, 7) is 4.66. The normalized spacial score (nSPS) is 37.8. The van der Waals surface area contributed by atoms with Crippen molar-refractivity contribution in [3.63, 3.8) is 0 Å². The van der Waals surface area contributed by atoms with Gasteiger partial charge >= 0.3 is 0 Å². The van der Waals surface area contributed by atoms with Gasteiger partial charge < -0.3 is 0 Å². The molecule has 26 heavy (non-hydrogen) atoms. The van der Waals surface area contributed by atoms with E-state index in [0.29, 0.717) is 11.5 Å². The van der Waals surface area contributed by atoms with Crippen LogP contribution >= 0.6 is 0 Å². The Kier molecular flexibility index (Phi) is 3.72. The van der Waals surface area contributed by atoms with Crippen molar-refractivity contribution in [1.29, 1.82) is 0 Å². The molecule has 1 aromatic rings. The van der Waals surface area contributed by atoms with E-state index >= 15 is 0 Å². The molecule has 4 bridgehead atoms. The second-order valence-electron chi connectivity index (χ2n) is 9.43. The molecule has 138 valence electrons. The predicted molar refractivity (Wildman–Crippen MR) is 98.7 cm³/mol. The first-order valence-corrected chi connectivity index (χ1v) is 9.30. The molecule has 6 nitrogen and oxygen atoms in total. The monoisotopic (exact) mass is 355 g/mol. The van der Waals surface area contributed by atoms with Crippen LogP contribution in [0.1, 0.15) is 57.9 Å². The number of hydrogen-bond acceptors (Lipinski definition) is 4. The zero-order chi connectivity index (χ0) is 18.6. The lowest BCUT2D eigenvalue weighted by Gasteiger charge is -2.64. The van der Waals surface area contributed by atoms with E-state index in [1.807, 2.05) is 0 Å². The summed E-state index contributed by atoms with van der Waals surface area (Å²) in [5.41, 5.74) is 3.26. The number of hydrazone groups is 1. The quantitative estimate of drug-likeness (QED) is 0.502. The van der Waals surface area contributed by atoms with Crippen molar-refractivity contribution >= 4 is 17.8 Å². The first-order chi connectivity index (χ1) is 12.2. The van der Waals surface area contributed by atoms with Crippen LogP contribution < -0.4 is 5.43 Å². The molecule has 4 saturated carbocycles. The fourth-order valence-corrected chi connectivity index (χ4v) is 6.74. The molecule has 2 atom stereocenters. The smallest absolute Gasteiger partial charge is 0.273 e. The Balaban J connectivity index is 1.52. The van der Waals surface area contributed by atoms with E-state index in [4.69, 9.17) is 0 Å². The van der Waals surface area contributed by atoms with Crippen molar-refractivity contribution in [2.24, 2.45) is 27.3 Å². The van der Waals surface area contributed by atoms with Crippen LogP contribution in [0.5, 0.6) is 0 Å². The summed E-state index contributed by atoms with van der Waals surface area (Å²) in [5, 5.41) is 15.1. The van der Waals surface area contributed by atoms with Gasteiger partial charge in [0.25, 0.3) is 5.69 Å². The zero-order valence-corrected chi connectivity index (χ0v) is 15.3. The third-order valence-electron chi connectivity index (χ3n) is 6.61. The van der Waals surface area contributed by atoms with E-state index in [0.717, 1.165) is 19.3 Å². The summed E-state index contributed by atoms with van der Waals surface area (Å²) in [6, 6.07) is 6.40. The van der Waals surface area contributed by atoms with E-state index in [-0.39, 0.29) is 27.8 Å². The van der Waals surface area contributed by atoms with Crippen molar-refractivity contribution in [3.8, 4) is 0 Å². The minimum atomic E-state index is -0.441. The largest absolute Gasteiger partial charge is 0.278 e. The average Bonchev–Trinajstić information content (AvgIpc) is 2.51. The fraction of sp³-hybridized carbons (Fsp3) is 0.600. The number of rotatable bonds is 4. The van der Waals surface area contributed by atoms with Crippen LogP contribution in [-0.4, -0.2) is 17.0 Å². The van der Waals surface area contributed by atoms with Gasteiger partial charge in [-0.05, 0) is 61.3 Å². The van der Waals surface area contributed by atoms with E-state index < -0.39 is 4.92 Å². The highest BCUT2D eigenvalue weighted by atomic mass is 16.6. The number of carbonyl (C=O) groups is 1. The van der Waals surface area contributed by atoms with Crippen molar-refractivity contribution in [1.82, 2.24) is 5.43 Å². The van der Waals surface area contributed by atoms with Crippen LogP contribution in [0.25, 0.3) is 0 Å². The number of nitro groups is 1. The number of hydrogen-bond donors (Lipinski definition) is 1. The highest BCUT2D eigenvalue weighted by molar-refractivity contribution is 5.88. The maximum Gasteiger partial charge on any atom is 0.278 e. The average molecular weight is 355 g/mol. The first-order valence-electron chi connectivity index (χ1n) is 9.30. The Hall–Kier alpha value is -2.24. The number of nitrogens with zero attached hydrogens (tertiary/aromatic N) is 2. The summed E-state index contributed by atoms with van der Waals surface area (Å²) >= 11 is 0. The lowest BCUT2D eigenvalue weighted by molar-refractivity contribution is -0.385. The molecule has 4 fully saturated rings. The summed E-state index contributed by atoms with van der Waals surface area (Å²) < 4.78 is 0. The molecule has 1 N–H and O–H groups in total. The number of nitrogens with one attached hydrogen (secondary N) is 1. The van der Waals surface area contributed by atoms with Gasteiger partial charge in [0.2, 0.25) is 5.91 Å². The molecule has 0 radical (unpaired) electrons. The van der Waals surface area contributed by atoms with Crippen molar-refractivity contribution < 1.29 is 9.72 Å². The van der Waals surface area contributed by atoms with Gasteiger partial charge in [0.05, 0.1) is 22.1 Å². The standard InChI is InChI=1S/C20H25N3O3/c1-18-7-14-8-19(2,11-18)13-20(9-14,12-18)17(24)22-21-10-15-5-3-4-6-16(15)23(25)26/h3-6,10,14H,7-9,11-13H2,1-2H3,(H,22,24)/b21-10+. The SMILES string of the molecule is CC12CC3CC(C)(C1)CC(C(=O)N/N=C/c1ccccc1[N+](=O)[O-])(C3)C2. The Labute approximate surface area is 153 Å². The van der Waals surface area contributed by atoms with E-state index in [1.54, 1.807) is 18.2 Å². The molecular formula is C20H25N3O3. The molecule has 1 aromatic carbocycles. The molecule has 0 spiro atoms. The molecule has 0 aliphatic heterocycles. The number of nitro benzene ring substituents is 1. The number of amides is 1. The van der Waals surface area contributed by atoms with E-state index in [1.165, 1.54) is 31.5 Å². The lowest BCUT2D eigenvalue weighted by Crippen LogP contribution is -2.59. The van der Waals surface area contributed by atoms with Crippen LogP contribution in [0.3, 0.4) is 0 Å². The Morgan fingerprint density at radius 3 is 2.46 bits per heavy atom. The number of benzene rings is 1. The summed E-state index contributed by atoms with van der Waals surface area (Å²) in [5.74, 6) is 0.611. The van der Waals surface area contributed by atoms with Crippen LogP contribution in [0.4, 0.5) is 5.69 Å². The van der Waals surface area contributed by atoms with Gasteiger partial charge in [-0.2, -0.15) is 5.10 Å². The van der Waals surface area contributed by atoms with Crippen molar-refractivity contribution in [3.05, 3.63) is 39.9 Å².